The van der Waals surface area contributed by atoms with E-state index in [0.717, 1.165) is 50.0 Å². The third-order valence-corrected chi connectivity index (χ3v) is 7.42. The molecule has 0 spiro atoms. The van der Waals surface area contributed by atoms with Crippen LogP contribution in [0.4, 0.5) is 0 Å². The van der Waals surface area contributed by atoms with E-state index in [1.165, 1.54) is 86.7 Å². The van der Waals surface area contributed by atoms with Crippen LogP contribution < -0.4 is 4.74 Å². The van der Waals surface area contributed by atoms with Crippen LogP contribution in [0.25, 0.3) is 22.0 Å². The molecule has 0 bridgehead atoms. The number of ether oxygens (including phenoxy) is 2. The summed E-state index contributed by atoms with van der Waals surface area (Å²) in [7, 11) is 0. The fraction of sp³-hybridized carbons (Fsp3) is 0.556. The lowest BCUT2D eigenvalue weighted by Crippen LogP contribution is -2.31. The van der Waals surface area contributed by atoms with Crippen LogP contribution in [0.1, 0.15) is 84.3 Å². The number of rotatable bonds is 6. The first-order valence-electron chi connectivity index (χ1n) is 15.7. The number of carbonyl (C=O) groups is 1. The van der Waals surface area contributed by atoms with Gasteiger partial charge in [-0.05, 0) is 125 Å². The third-order valence-electron chi connectivity index (χ3n) is 7.42. The van der Waals surface area contributed by atoms with Crippen LogP contribution in [0.5, 0.6) is 5.75 Å². The molecule has 0 unspecified atom stereocenters. The zero-order valence-corrected chi connectivity index (χ0v) is 26.8. The van der Waals surface area contributed by atoms with E-state index < -0.39 is 0 Å². The number of Topliss-reactive ketones (excluding diaryl/α,β-unsaturated/α-hetero) is 1. The van der Waals surface area contributed by atoms with Gasteiger partial charge in [0.05, 0.1) is 12.1 Å². The summed E-state index contributed by atoms with van der Waals surface area (Å²) in [4.78, 5) is 16.6. The van der Waals surface area contributed by atoms with E-state index in [1.807, 2.05) is 20.0 Å². The lowest BCUT2D eigenvalue weighted by atomic mass is 9.99. The van der Waals surface area contributed by atoms with Crippen molar-refractivity contribution in [3.63, 3.8) is 0 Å². The molecule has 2 fully saturated rings. The molecule has 2 aliphatic rings. The molecule has 0 amide bonds. The highest BCUT2D eigenvalue weighted by Crippen LogP contribution is 2.28. The Kier molecular flexibility index (Phi) is 16.3. The Morgan fingerprint density at radius 2 is 1.56 bits per heavy atom. The van der Waals surface area contributed by atoms with E-state index in [0.29, 0.717) is 0 Å². The fourth-order valence-electron chi connectivity index (χ4n) is 4.82. The van der Waals surface area contributed by atoms with Gasteiger partial charge in [-0.1, -0.05) is 45.4 Å². The molecule has 0 atom stereocenters. The second-order valence-electron chi connectivity index (χ2n) is 11.1. The second kappa shape index (κ2) is 19.4. The third kappa shape index (κ3) is 12.7. The maximum Gasteiger partial charge on any atom is 0.126 e. The van der Waals surface area contributed by atoms with Crippen molar-refractivity contribution in [3.8, 4) is 16.9 Å². The van der Waals surface area contributed by atoms with Crippen molar-refractivity contribution in [2.75, 3.05) is 39.5 Å². The van der Waals surface area contributed by atoms with Crippen LogP contribution in [0.2, 0.25) is 0 Å². The van der Waals surface area contributed by atoms with Crippen molar-refractivity contribution in [2.45, 2.75) is 87.0 Å². The van der Waals surface area contributed by atoms with Gasteiger partial charge in [0.1, 0.15) is 11.5 Å². The molecule has 226 valence electrons. The number of benzene rings is 2. The van der Waals surface area contributed by atoms with Gasteiger partial charge in [-0.3, -0.25) is 4.98 Å². The Labute approximate surface area is 249 Å². The van der Waals surface area contributed by atoms with Gasteiger partial charge in [0.15, 0.2) is 0 Å². The molecule has 0 aliphatic carbocycles. The molecule has 2 saturated heterocycles. The van der Waals surface area contributed by atoms with Gasteiger partial charge < -0.3 is 19.2 Å². The second-order valence-corrected chi connectivity index (χ2v) is 11.1. The first-order chi connectivity index (χ1) is 19.8. The monoisotopic (exact) mass is 562 g/mol. The Bertz CT molecular complexity index is 1140. The summed E-state index contributed by atoms with van der Waals surface area (Å²) in [5.74, 6) is 2.03. The minimum Gasteiger partial charge on any atom is -0.494 e. The summed E-state index contributed by atoms with van der Waals surface area (Å²) < 4.78 is 11.1. The molecule has 5 rings (SSSR count). The Hall–Kier alpha value is -2.76. The van der Waals surface area contributed by atoms with Crippen LogP contribution in [-0.4, -0.2) is 55.1 Å². The molecule has 0 N–H and O–H groups in total. The molecular formula is C36H54N2O3. The average Bonchev–Trinajstić information content (AvgIpc) is 2.99. The van der Waals surface area contributed by atoms with Crippen molar-refractivity contribution in [2.24, 2.45) is 5.92 Å². The minimum absolute atomic E-state index is 0.167. The number of hydrogen-bond donors (Lipinski definition) is 0. The molecule has 5 nitrogen and oxygen atoms in total. The Morgan fingerprint density at radius 3 is 2.15 bits per heavy atom. The molecule has 0 radical (unpaired) electrons. The number of hydrogen-bond acceptors (Lipinski definition) is 5. The van der Waals surface area contributed by atoms with E-state index in [-0.39, 0.29) is 5.78 Å². The minimum atomic E-state index is 0.167. The molecule has 3 aromatic rings. The van der Waals surface area contributed by atoms with Crippen molar-refractivity contribution < 1.29 is 14.3 Å². The van der Waals surface area contributed by atoms with E-state index in [4.69, 9.17) is 9.47 Å². The predicted molar refractivity (Wildman–Crippen MR) is 174 cm³/mol. The Morgan fingerprint density at radius 1 is 0.951 bits per heavy atom. The summed E-state index contributed by atoms with van der Waals surface area (Å²) >= 11 is 0. The lowest BCUT2D eigenvalue weighted by Gasteiger charge is -2.26. The van der Waals surface area contributed by atoms with Crippen LogP contribution in [0.15, 0.2) is 48.7 Å². The zero-order chi connectivity index (χ0) is 30.0. The average molecular weight is 563 g/mol. The number of aryl methyl sites for hydroxylation is 2. The predicted octanol–water partition coefficient (Wildman–Crippen LogP) is 8.83. The topological polar surface area (TPSA) is 51.7 Å². The number of piperidine rings is 1. The van der Waals surface area contributed by atoms with Gasteiger partial charge in [-0.2, -0.15) is 0 Å². The van der Waals surface area contributed by atoms with Gasteiger partial charge in [0.2, 0.25) is 0 Å². The number of ketones is 1. The molecule has 2 aliphatic heterocycles. The van der Waals surface area contributed by atoms with Crippen LogP contribution in [0.3, 0.4) is 0 Å². The number of pyridine rings is 1. The number of aromatic nitrogens is 1. The number of likely N-dealkylation sites (tertiary alicyclic amines) is 1. The van der Waals surface area contributed by atoms with Crippen molar-refractivity contribution >= 4 is 16.7 Å². The molecule has 5 heteroatoms. The van der Waals surface area contributed by atoms with E-state index >= 15 is 0 Å². The zero-order valence-electron chi connectivity index (χ0n) is 26.8. The summed E-state index contributed by atoms with van der Waals surface area (Å²) in [6.07, 6.45) is 9.68. The van der Waals surface area contributed by atoms with Gasteiger partial charge in [-0.15, -0.1) is 0 Å². The first-order valence-corrected chi connectivity index (χ1v) is 15.7. The molecular weight excluding hydrogens is 508 g/mol. The summed E-state index contributed by atoms with van der Waals surface area (Å²) in [5, 5.41) is 1.23. The van der Waals surface area contributed by atoms with Crippen LogP contribution in [0, 0.1) is 19.8 Å². The smallest absolute Gasteiger partial charge is 0.126 e. The van der Waals surface area contributed by atoms with E-state index in [9.17, 15) is 4.79 Å². The molecule has 3 heterocycles. The highest BCUT2D eigenvalue weighted by atomic mass is 16.5. The van der Waals surface area contributed by atoms with E-state index in [1.54, 1.807) is 0 Å². The number of carbonyl (C=O) groups excluding carboxylic acids is 1. The molecule has 41 heavy (non-hydrogen) atoms. The Balaban J connectivity index is 0.000000378. The highest BCUT2D eigenvalue weighted by Gasteiger charge is 2.09. The van der Waals surface area contributed by atoms with Gasteiger partial charge in [0, 0.05) is 31.3 Å². The SMILES string of the molecule is CC.CC(C)=O.CC1CCOCC1.Cc1cnc2ccc(-c3ccc(OCCCN4CCCCC4)cc3)cc2c1C. The molecule has 1 aromatic heterocycles. The van der Waals surface area contributed by atoms with Crippen molar-refractivity contribution in [1.82, 2.24) is 9.88 Å². The summed E-state index contributed by atoms with van der Waals surface area (Å²) in [5.41, 5.74) is 6.03. The van der Waals surface area contributed by atoms with Gasteiger partial charge in [0.25, 0.3) is 0 Å². The standard InChI is InChI=1S/C25H30N2O.C6H12O.C3H6O.C2H6/c1-19-18-26-25-12-9-22(17-24(25)20(19)2)21-7-10-23(11-8-21)28-16-6-15-27-13-4-3-5-14-27;1-6-2-4-7-5-3-6;1-3(2)4;1-2/h7-12,17-18H,3-6,13-16H2,1-2H3;6H,2-5H2,1H3;1-2H3;1-2H3. The summed E-state index contributed by atoms with van der Waals surface area (Å²) in [6.45, 7) is 20.1. The summed E-state index contributed by atoms with van der Waals surface area (Å²) in [6, 6.07) is 15.0. The van der Waals surface area contributed by atoms with Crippen LogP contribution in [-0.2, 0) is 9.53 Å². The highest BCUT2D eigenvalue weighted by molar-refractivity contribution is 5.87. The van der Waals surface area contributed by atoms with Crippen molar-refractivity contribution in [3.05, 3.63) is 59.8 Å². The number of fused-ring (bicyclic) bond motifs is 1. The first kappa shape index (κ1) is 34.4. The van der Waals surface area contributed by atoms with Crippen LogP contribution >= 0.6 is 0 Å². The van der Waals surface area contributed by atoms with Crippen molar-refractivity contribution in [1.29, 1.82) is 0 Å². The van der Waals surface area contributed by atoms with E-state index in [2.05, 4.69) is 73.1 Å². The van der Waals surface area contributed by atoms with Gasteiger partial charge in [-0.25, -0.2) is 0 Å². The van der Waals surface area contributed by atoms with Gasteiger partial charge >= 0.3 is 0 Å². The normalized spacial score (nSPS) is 15.4. The number of nitrogens with zero attached hydrogens (tertiary/aromatic N) is 2. The molecule has 0 saturated carbocycles. The largest absolute Gasteiger partial charge is 0.494 e. The maximum atomic E-state index is 9.44. The maximum absolute atomic E-state index is 9.44. The quantitative estimate of drug-likeness (QED) is 0.281. The molecule has 2 aromatic carbocycles. The fourth-order valence-corrected chi connectivity index (χ4v) is 4.82. The lowest BCUT2D eigenvalue weighted by molar-refractivity contribution is -0.115.